The van der Waals surface area contributed by atoms with Gasteiger partial charge in [0.25, 0.3) is 0 Å². The molecular formula is C12H13BrN2O3. The molecule has 0 aliphatic heterocycles. The van der Waals surface area contributed by atoms with E-state index in [9.17, 15) is 9.59 Å². The van der Waals surface area contributed by atoms with Crippen molar-refractivity contribution in [3.63, 3.8) is 0 Å². The van der Waals surface area contributed by atoms with Crippen molar-refractivity contribution in [3.8, 4) is 0 Å². The van der Waals surface area contributed by atoms with Gasteiger partial charge in [-0.25, -0.2) is 9.59 Å². The van der Waals surface area contributed by atoms with Gasteiger partial charge in [-0.3, -0.25) is 0 Å². The summed E-state index contributed by atoms with van der Waals surface area (Å²) in [6.45, 7) is 1.91. The molecule has 0 unspecified atom stereocenters. The molecule has 0 heterocycles. The number of nitrogens with one attached hydrogen (secondary N) is 2. The lowest BCUT2D eigenvalue weighted by molar-refractivity contribution is -0.140. The van der Waals surface area contributed by atoms with E-state index < -0.39 is 17.5 Å². The molecule has 0 saturated heterocycles. The van der Waals surface area contributed by atoms with Crippen molar-refractivity contribution >= 4 is 33.6 Å². The molecule has 3 N–H and O–H groups in total. The molecule has 5 nitrogen and oxygen atoms in total. The second-order valence-electron chi connectivity index (χ2n) is 4.48. The van der Waals surface area contributed by atoms with Gasteiger partial charge < -0.3 is 15.7 Å². The predicted molar refractivity (Wildman–Crippen MR) is 70.6 cm³/mol. The Morgan fingerprint density at radius 3 is 2.50 bits per heavy atom. The van der Waals surface area contributed by atoms with Gasteiger partial charge in [0, 0.05) is 10.2 Å². The van der Waals surface area contributed by atoms with Gasteiger partial charge in [0.1, 0.15) is 5.54 Å². The maximum atomic E-state index is 11.7. The fourth-order valence-electron chi connectivity index (χ4n) is 1.71. The summed E-state index contributed by atoms with van der Waals surface area (Å²) in [7, 11) is 0. The third kappa shape index (κ3) is 2.81. The number of aliphatic carboxylic acids is 1. The van der Waals surface area contributed by atoms with Crippen molar-refractivity contribution in [2.45, 2.75) is 25.3 Å². The lowest BCUT2D eigenvalue weighted by atomic mass is 10.2. The van der Waals surface area contributed by atoms with Crippen LogP contribution in [-0.4, -0.2) is 22.6 Å². The van der Waals surface area contributed by atoms with Gasteiger partial charge in [-0.1, -0.05) is 15.9 Å². The largest absolute Gasteiger partial charge is 0.480 e. The van der Waals surface area contributed by atoms with Crippen LogP contribution < -0.4 is 10.6 Å². The van der Waals surface area contributed by atoms with Crippen LogP contribution in [0.1, 0.15) is 18.4 Å². The Morgan fingerprint density at radius 1 is 1.33 bits per heavy atom. The van der Waals surface area contributed by atoms with Crippen LogP contribution in [0.25, 0.3) is 0 Å². The van der Waals surface area contributed by atoms with E-state index in [1.54, 1.807) is 6.07 Å². The quantitative estimate of drug-likeness (QED) is 0.802. The molecule has 0 aromatic heterocycles. The van der Waals surface area contributed by atoms with E-state index in [2.05, 4.69) is 26.6 Å². The first-order valence-corrected chi connectivity index (χ1v) is 6.30. The van der Waals surface area contributed by atoms with Crippen LogP contribution in [0.3, 0.4) is 0 Å². The highest BCUT2D eigenvalue weighted by molar-refractivity contribution is 9.10. The SMILES string of the molecule is Cc1cc(Br)cc(NC(=O)NC2(C(=O)O)CC2)c1. The molecule has 1 aliphatic carbocycles. The van der Waals surface area contributed by atoms with Gasteiger partial charge in [0.15, 0.2) is 0 Å². The fraction of sp³-hybridized carbons (Fsp3) is 0.333. The van der Waals surface area contributed by atoms with Crippen LogP contribution in [-0.2, 0) is 4.79 Å². The molecule has 1 aliphatic rings. The standard InChI is InChI=1S/C12H13BrN2O3/c1-7-4-8(13)6-9(5-7)14-11(18)15-12(2-3-12)10(16)17/h4-6H,2-3H2,1H3,(H,16,17)(H2,14,15,18). The summed E-state index contributed by atoms with van der Waals surface area (Å²) in [4.78, 5) is 22.6. The Hall–Kier alpha value is -1.56. The highest BCUT2D eigenvalue weighted by Gasteiger charge is 2.51. The van der Waals surface area contributed by atoms with Gasteiger partial charge in [-0.15, -0.1) is 0 Å². The topological polar surface area (TPSA) is 78.4 Å². The number of carboxylic acid groups (broad SMARTS) is 1. The number of carbonyl (C=O) groups excluding carboxylic acids is 1. The maximum absolute atomic E-state index is 11.7. The zero-order chi connectivity index (χ0) is 13.3. The molecule has 18 heavy (non-hydrogen) atoms. The molecule has 1 aromatic carbocycles. The lowest BCUT2D eigenvalue weighted by Gasteiger charge is -2.13. The molecular weight excluding hydrogens is 300 g/mol. The van der Waals surface area contributed by atoms with Crippen molar-refractivity contribution in [1.82, 2.24) is 5.32 Å². The minimum atomic E-state index is -1.06. The molecule has 6 heteroatoms. The van der Waals surface area contributed by atoms with E-state index in [0.717, 1.165) is 10.0 Å². The number of halogens is 1. The Bertz CT molecular complexity index is 492. The summed E-state index contributed by atoms with van der Waals surface area (Å²) in [5.74, 6) is -0.983. The Balaban J connectivity index is 2.01. The first-order chi connectivity index (χ1) is 8.41. The molecule has 0 atom stereocenters. The molecule has 0 bridgehead atoms. The third-order valence-corrected chi connectivity index (χ3v) is 3.27. The number of rotatable bonds is 3. The molecule has 0 radical (unpaired) electrons. The van der Waals surface area contributed by atoms with Crippen LogP contribution >= 0.6 is 15.9 Å². The molecule has 1 aromatic rings. The van der Waals surface area contributed by atoms with Crippen molar-refractivity contribution < 1.29 is 14.7 Å². The molecule has 2 rings (SSSR count). The van der Waals surface area contributed by atoms with E-state index >= 15 is 0 Å². The summed E-state index contributed by atoms with van der Waals surface area (Å²) in [5.41, 5.74) is 0.560. The number of amides is 2. The van der Waals surface area contributed by atoms with Crippen LogP contribution in [0.2, 0.25) is 0 Å². The van der Waals surface area contributed by atoms with E-state index in [-0.39, 0.29) is 0 Å². The number of anilines is 1. The van der Waals surface area contributed by atoms with E-state index in [1.165, 1.54) is 0 Å². The number of carbonyl (C=O) groups is 2. The number of hydrogen-bond acceptors (Lipinski definition) is 2. The molecule has 1 saturated carbocycles. The highest BCUT2D eigenvalue weighted by Crippen LogP contribution is 2.35. The summed E-state index contributed by atoms with van der Waals surface area (Å²) in [6.07, 6.45) is 0.959. The van der Waals surface area contributed by atoms with Gasteiger partial charge in [-0.2, -0.15) is 0 Å². The molecule has 96 valence electrons. The van der Waals surface area contributed by atoms with Gasteiger partial charge in [0.05, 0.1) is 0 Å². The number of aryl methyl sites for hydroxylation is 1. The number of benzene rings is 1. The summed E-state index contributed by atoms with van der Waals surface area (Å²) >= 11 is 3.33. The van der Waals surface area contributed by atoms with Crippen molar-refractivity contribution in [2.24, 2.45) is 0 Å². The second-order valence-corrected chi connectivity index (χ2v) is 5.40. The van der Waals surface area contributed by atoms with Gasteiger partial charge in [0.2, 0.25) is 0 Å². The monoisotopic (exact) mass is 312 g/mol. The van der Waals surface area contributed by atoms with Gasteiger partial charge in [-0.05, 0) is 43.5 Å². The minimum absolute atomic E-state index is 0.479. The van der Waals surface area contributed by atoms with Crippen LogP contribution in [0.15, 0.2) is 22.7 Å². The third-order valence-electron chi connectivity index (χ3n) is 2.81. The van der Waals surface area contributed by atoms with Crippen molar-refractivity contribution in [2.75, 3.05) is 5.32 Å². The number of urea groups is 1. The zero-order valence-electron chi connectivity index (χ0n) is 9.79. The van der Waals surface area contributed by atoms with Gasteiger partial charge >= 0.3 is 12.0 Å². The smallest absolute Gasteiger partial charge is 0.329 e. The fourth-order valence-corrected chi connectivity index (χ4v) is 2.31. The van der Waals surface area contributed by atoms with Crippen LogP contribution in [0, 0.1) is 6.92 Å². The van der Waals surface area contributed by atoms with E-state index in [4.69, 9.17) is 5.11 Å². The van der Waals surface area contributed by atoms with Crippen LogP contribution in [0.4, 0.5) is 10.5 Å². The van der Waals surface area contributed by atoms with E-state index in [0.29, 0.717) is 18.5 Å². The minimum Gasteiger partial charge on any atom is -0.480 e. The highest BCUT2D eigenvalue weighted by atomic mass is 79.9. The molecule has 2 amide bonds. The van der Waals surface area contributed by atoms with Crippen LogP contribution in [0.5, 0.6) is 0 Å². The summed E-state index contributed by atoms with van der Waals surface area (Å²) < 4.78 is 0.858. The van der Waals surface area contributed by atoms with E-state index in [1.807, 2.05) is 19.1 Å². The lowest BCUT2D eigenvalue weighted by Crippen LogP contribution is -2.45. The average Bonchev–Trinajstić information content (AvgIpc) is 2.96. The summed E-state index contributed by atoms with van der Waals surface area (Å²) in [5, 5.41) is 14.1. The first-order valence-electron chi connectivity index (χ1n) is 5.51. The Morgan fingerprint density at radius 2 is 2.00 bits per heavy atom. The Kier molecular flexibility index (Phi) is 3.30. The first kappa shape index (κ1) is 12.9. The predicted octanol–water partition coefficient (Wildman–Crippen LogP) is 2.50. The average molecular weight is 313 g/mol. The maximum Gasteiger partial charge on any atom is 0.329 e. The van der Waals surface area contributed by atoms with Crippen molar-refractivity contribution in [1.29, 1.82) is 0 Å². The summed E-state index contributed by atoms with van der Waals surface area (Å²) in [6, 6.07) is 4.99. The number of carboxylic acids is 1. The Labute approximate surface area is 113 Å². The zero-order valence-corrected chi connectivity index (χ0v) is 11.4. The second kappa shape index (κ2) is 4.61. The van der Waals surface area contributed by atoms with Crippen molar-refractivity contribution in [3.05, 3.63) is 28.2 Å². The number of hydrogen-bond donors (Lipinski definition) is 3. The normalized spacial score (nSPS) is 15.9. The molecule has 0 spiro atoms. The molecule has 1 fully saturated rings.